The highest BCUT2D eigenvalue weighted by molar-refractivity contribution is 5.47. The van der Waals surface area contributed by atoms with Gasteiger partial charge in [-0.05, 0) is 41.0 Å². The third-order valence-electron chi connectivity index (χ3n) is 5.67. The summed E-state index contributed by atoms with van der Waals surface area (Å²) in [4.78, 5) is 2.50. The van der Waals surface area contributed by atoms with Gasteiger partial charge in [0.1, 0.15) is 12.4 Å². The maximum absolute atomic E-state index is 6.07. The van der Waals surface area contributed by atoms with Crippen LogP contribution < -0.4 is 19.5 Å². The smallest absolute Gasteiger partial charge is 0.161 e. The van der Waals surface area contributed by atoms with E-state index in [2.05, 4.69) is 52.7 Å². The van der Waals surface area contributed by atoms with E-state index >= 15 is 0 Å². The Bertz CT molecular complexity index is 971. The van der Waals surface area contributed by atoms with E-state index in [4.69, 9.17) is 14.2 Å². The van der Waals surface area contributed by atoms with Crippen molar-refractivity contribution >= 4 is 0 Å². The minimum atomic E-state index is 0.120. The fourth-order valence-electron chi connectivity index (χ4n) is 4.07. The number of piperazine rings is 1. The molecule has 5 heteroatoms. The summed E-state index contributed by atoms with van der Waals surface area (Å²) in [6.07, 6.45) is 0. The molecule has 3 aromatic carbocycles. The molecule has 1 aliphatic rings. The predicted molar refractivity (Wildman–Crippen MR) is 123 cm³/mol. The first-order chi connectivity index (χ1) is 15.3. The van der Waals surface area contributed by atoms with Crippen molar-refractivity contribution in [2.75, 3.05) is 40.4 Å². The SMILES string of the molecule is COc1cccc(C(c2ccc(OCc3ccccc3)c(OC)c2)N2CCNCC2)c1. The zero-order valence-electron chi connectivity index (χ0n) is 18.2. The average Bonchev–Trinajstić information content (AvgIpc) is 2.84. The van der Waals surface area contributed by atoms with Gasteiger partial charge in [0.25, 0.3) is 0 Å². The highest BCUT2D eigenvalue weighted by Crippen LogP contribution is 2.36. The summed E-state index contributed by atoms with van der Waals surface area (Å²) in [5, 5.41) is 3.45. The lowest BCUT2D eigenvalue weighted by Gasteiger charge is -2.36. The number of methoxy groups -OCH3 is 2. The van der Waals surface area contributed by atoms with E-state index in [9.17, 15) is 0 Å². The molecule has 0 aromatic heterocycles. The summed E-state index contributed by atoms with van der Waals surface area (Å²) >= 11 is 0. The van der Waals surface area contributed by atoms with Crippen molar-refractivity contribution in [3.8, 4) is 17.2 Å². The molecule has 4 rings (SSSR count). The number of nitrogens with zero attached hydrogens (tertiary/aromatic N) is 1. The first-order valence-electron chi connectivity index (χ1n) is 10.7. The minimum absolute atomic E-state index is 0.120. The number of ether oxygens (including phenoxy) is 3. The van der Waals surface area contributed by atoms with Crippen LogP contribution in [-0.4, -0.2) is 45.3 Å². The lowest BCUT2D eigenvalue weighted by Crippen LogP contribution is -2.45. The van der Waals surface area contributed by atoms with E-state index in [1.54, 1.807) is 14.2 Å². The fourth-order valence-corrected chi connectivity index (χ4v) is 4.07. The van der Waals surface area contributed by atoms with Crippen molar-refractivity contribution < 1.29 is 14.2 Å². The summed E-state index contributed by atoms with van der Waals surface area (Å²) in [6.45, 7) is 4.44. The van der Waals surface area contributed by atoms with Gasteiger partial charge < -0.3 is 19.5 Å². The molecule has 1 fully saturated rings. The second-order valence-corrected chi connectivity index (χ2v) is 7.65. The van der Waals surface area contributed by atoms with Crippen LogP contribution in [0.25, 0.3) is 0 Å². The minimum Gasteiger partial charge on any atom is -0.497 e. The molecule has 0 amide bonds. The first kappa shape index (κ1) is 21.2. The molecule has 0 bridgehead atoms. The Kier molecular flexibility index (Phi) is 7.07. The van der Waals surface area contributed by atoms with Crippen LogP contribution in [0.15, 0.2) is 72.8 Å². The van der Waals surface area contributed by atoms with Crippen molar-refractivity contribution in [2.24, 2.45) is 0 Å². The molecule has 1 atom stereocenters. The molecule has 1 unspecified atom stereocenters. The van der Waals surface area contributed by atoms with Crippen LogP contribution in [0.2, 0.25) is 0 Å². The average molecular weight is 419 g/mol. The molecular weight excluding hydrogens is 388 g/mol. The number of nitrogens with one attached hydrogen (secondary N) is 1. The fraction of sp³-hybridized carbons (Fsp3) is 0.308. The molecule has 5 nitrogen and oxygen atoms in total. The van der Waals surface area contributed by atoms with Gasteiger partial charge in [0.05, 0.1) is 20.3 Å². The van der Waals surface area contributed by atoms with Gasteiger partial charge in [-0.25, -0.2) is 0 Å². The Morgan fingerprint density at radius 1 is 0.806 bits per heavy atom. The van der Waals surface area contributed by atoms with Gasteiger partial charge in [0.15, 0.2) is 11.5 Å². The Labute approximate surface area is 184 Å². The summed E-state index contributed by atoms with van der Waals surface area (Å²) in [6, 6.07) is 24.9. The summed E-state index contributed by atoms with van der Waals surface area (Å²) in [5.41, 5.74) is 3.52. The molecule has 3 aromatic rings. The van der Waals surface area contributed by atoms with Gasteiger partial charge in [0, 0.05) is 26.2 Å². The second kappa shape index (κ2) is 10.3. The molecule has 1 saturated heterocycles. The van der Waals surface area contributed by atoms with Crippen molar-refractivity contribution in [3.05, 3.63) is 89.5 Å². The van der Waals surface area contributed by atoms with Gasteiger partial charge in [-0.3, -0.25) is 4.90 Å². The molecule has 1 heterocycles. The van der Waals surface area contributed by atoms with Crippen LogP contribution in [-0.2, 0) is 6.61 Å². The van der Waals surface area contributed by atoms with Crippen molar-refractivity contribution in [2.45, 2.75) is 12.6 Å². The van der Waals surface area contributed by atoms with Crippen LogP contribution in [0.3, 0.4) is 0 Å². The summed E-state index contributed by atoms with van der Waals surface area (Å²) < 4.78 is 17.3. The molecule has 0 aliphatic carbocycles. The van der Waals surface area contributed by atoms with Gasteiger partial charge >= 0.3 is 0 Å². The van der Waals surface area contributed by atoms with Gasteiger partial charge in [-0.1, -0.05) is 48.5 Å². The Hall–Kier alpha value is -3.02. The predicted octanol–water partition coefficient (Wildman–Crippen LogP) is 4.28. The van der Waals surface area contributed by atoms with E-state index in [-0.39, 0.29) is 6.04 Å². The number of rotatable bonds is 8. The Morgan fingerprint density at radius 3 is 2.32 bits per heavy atom. The molecular formula is C26H30N2O3. The van der Waals surface area contributed by atoms with E-state index in [1.807, 2.05) is 30.3 Å². The maximum Gasteiger partial charge on any atom is 0.161 e. The van der Waals surface area contributed by atoms with Crippen molar-refractivity contribution in [3.63, 3.8) is 0 Å². The summed E-state index contributed by atoms with van der Waals surface area (Å²) in [7, 11) is 3.40. The van der Waals surface area contributed by atoms with Crippen LogP contribution in [0.4, 0.5) is 0 Å². The Morgan fingerprint density at radius 2 is 1.58 bits per heavy atom. The Balaban J connectivity index is 1.64. The molecule has 1 aliphatic heterocycles. The zero-order chi connectivity index (χ0) is 21.5. The van der Waals surface area contributed by atoms with E-state index in [1.165, 1.54) is 11.1 Å². The number of benzene rings is 3. The zero-order valence-corrected chi connectivity index (χ0v) is 18.2. The first-order valence-corrected chi connectivity index (χ1v) is 10.7. The normalized spacial score (nSPS) is 15.3. The lowest BCUT2D eigenvalue weighted by atomic mass is 9.95. The molecule has 0 radical (unpaired) electrons. The van der Waals surface area contributed by atoms with Crippen LogP contribution in [0, 0.1) is 0 Å². The standard InChI is InChI=1S/C26H30N2O3/c1-29-23-10-6-9-21(17-23)26(28-15-13-27-14-16-28)22-11-12-24(25(18-22)30-2)31-19-20-7-4-3-5-8-20/h3-12,17-18,26-27H,13-16,19H2,1-2H3. The monoisotopic (exact) mass is 418 g/mol. The van der Waals surface area contributed by atoms with Crippen molar-refractivity contribution in [1.82, 2.24) is 10.2 Å². The maximum atomic E-state index is 6.07. The molecule has 1 N–H and O–H groups in total. The van der Waals surface area contributed by atoms with Gasteiger partial charge in [0.2, 0.25) is 0 Å². The number of hydrogen-bond acceptors (Lipinski definition) is 5. The van der Waals surface area contributed by atoms with Crippen LogP contribution in [0.5, 0.6) is 17.2 Å². The highest BCUT2D eigenvalue weighted by Gasteiger charge is 2.25. The quantitative estimate of drug-likeness (QED) is 0.592. The van der Waals surface area contributed by atoms with Crippen LogP contribution >= 0.6 is 0 Å². The third kappa shape index (κ3) is 5.19. The molecule has 0 spiro atoms. The topological polar surface area (TPSA) is 43.0 Å². The van der Waals surface area contributed by atoms with Gasteiger partial charge in [-0.15, -0.1) is 0 Å². The highest BCUT2D eigenvalue weighted by atomic mass is 16.5. The van der Waals surface area contributed by atoms with E-state index in [0.29, 0.717) is 6.61 Å². The van der Waals surface area contributed by atoms with Crippen LogP contribution in [0.1, 0.15) is 22.7 Å². The van der Waals surface area contributed by atoms with Gasteiger partial charge in [-0.2, -0.15) is 0 Å². The largest absolute Gasteiger partial charge is 0.497 e. The van der Waals surface area contributed by atoms with Crippen molar-refractivity contribution in [1.29, 1.82) is 0 Å². The number of hydrogen-bond donors (Lipinski definition) is 1. The lowest BCUT2D eigenvalue weighted by molar-refractivity contribution is 0.197. The molecule has 162 valence electrons. The summed E-state index contributed by atoms with van der Waals surface area (Å²) in [5.74, 6) is 2.36. The molecule has 31 heavy (non-hydrogen) atoms. The van der Waals surface area contributed by atoms with E-state index < -0.39 is 0 Å². The van der Waals surface area contributed by atoms with E-state index in [0.717, 1.165) is 49.0 Å². The molecule has 0 saturated carbocycles. The third-order valence-corrected chi connectivity index (χ3v) is 5.67. The second-order valence-electron chi connectivity index (χ2n) is 7.65.